The predicted molar refractivity (Wildman–Crippen MR) is 60.1 cm³/mol. The number of carbonyl (C=O) groups excluding carboxylic acids is 1. The molecule has 0 aliphatic heterocycles. The van der Waals surface area contributed by atoms with Gasteiger partial charge >= 0.3 is 5.97 Å². The maximum absolute atomic E-state index is 11.1. The summed E-state index contributed by atoms with van der Waals surface area (Å²) in [7, 11) is 0. The summed E-state index contributed by atoms with van der Waals surface area (Å²) < 4.78 is 0. The molecular formula is C11H10ClNO3. The SMILES string of the molecule is O=C(O)/C=C/C(=O)NCc1cccc(Cl)c1. The number of aliphatic carboxylic acids is 1. The van der Waals surface area contributed by atoms with Crippen molar-refractivity contribution in [1.29, 1.82) is 0 Å². The average molecular weight is 240 g/mol. The number of benzene rings is 1. The summed E-state index contributed by atoms with van der Waals surface area (Å²) in [6.45, 7) is 0.309. The smallest absolute Gasteiger partial charge is 0.328 e. The molecule has 4 nitrogen and oxygen atoms in total. The van der Waals surface area contributed by atoms with Gasteiger partial charge in [-0.3, -0.25) is 4.79 Å². The minimum atomic E-state index is -1.15. The van der Waals surface area contributed by atoms with Crippen molar-refractivity contribution in [2.45, 2.75) is 6.54 Å². The van der Waals surface area contributed by atoms with Gasteiger partial charge in [0.05, 0.1) is 0 Å². The van der Waals surface area contributed by atoms with Crippen LogP contribution in [0.2, 0.25) is 5.02 Å². The highest BCUT2D eigenvalue weighted by molar-refractivity contribution is 6.30. The van der Waals surface area contributed by atoms with Gasteiger partial charge in [0.25, 0.3) is 0 Å². The summed E-state index contributed by atoms with van der Waals surface area (Å²) in [5.74, 6) is -1.61. The fourth-order valence-corrected chi connectivity index (χ4v) is 1.25. The van der Waals surface area contributed by atoms with Gasteiger partial charge in [-0.05, 0) is 17.7 Å². The van der Waals surface area contributed by atoms with Crippen LogP contribution in [0.1, 0.15) is 5.56 Å². The first-order valence-electron chi connectivity index (χ1n) is 4.51. The molecule has 1 aromatic carbocycles. The van der Waals surface area contributed by atoms with Crippen LogP contribution in [-0.4, -0.2) is 17.0 Å². The summed E-state index contributed by atoms with van der Waals surface area (Å²) in [4.78, 5) is 21.2. The molecule has 0 saturated carbocycles. The molecule has 0 heterocycles. The first-order chi connectivity index (χ1) is 7.58. The standard InChI is InChI=1S/C11H10ClNO3/c12-9-3-1-2-8(6-9)7-13-10(14)4-5-11(15)16/h1-6H,7H2,(H,13,14)(H,15,16)/b5-4+. The van der Waals surface area contributed by atoms with E-state index in [9.17, 15) is 9.59 Å². The highest BCUT2D eigenvalue weighted by atomic mass is 35.5. The first-order valence-corrected chi connectivity index (χ1v) is 4.89. The Hall–Kier alpha value is -1.81. The van der Waals surface area contributed by atoms with E-state index in [1.165, 1.54) is 0 Å². The molecule has 0 fully saturated rings. The topological polar surface area (TPSA) is 66.4 Å². The highest BCUT2D eigenvalue weighted by Gasteiger charge is 1.98. The van der Waals surface area contributed by atoms with Gasteiger partial charge in [0.1, 0.15) is 0 Å². The predicted octanol–water partition coefficient (Wildman–Crippen LogP) is 1.60. The fourth-order valence-electron chi connectivity index (χ4n) is 1.04. The monoisotopic (exact) mass is 239 g/mol. The summed E-state index contributed by atoms with van der Waals surface area (Å²) in [6, 6.07) is 7.05. The van der Waals surface area contributed by atoms with Crippen molar-refractivity contribution in [2.75, 3.05) is 0 Å². The van der Waals surface area contributed by atoms with Crippen LogP contribution in [0.4, 0.5) is 0 Å². The largest absolute Gasteiger partial charge is 0.478 e. The molecule has 84 valence electrons. The molecule has 16 heavy (non-hydrogen) atoms. The van der Waals surface area contributed by atoms with Gasteiger partial charge in [0.2, 0.25) is 5.91 Å². The van der Waals surface area contributed by atoms with Gasteiger partial charge < -0.3 is 10.4 Å². The molecule has 0 aliphatic rings. The molecule has 0 radical (unpaired) electrons. The molecule has 1 rings (SSSR count). The number of carbonyl (C=O) groups is 2. The van der Waals surface area contributed by atoms with Crippen molar-refractivity contribution in [2.24, 2.45) is 0 Å². The summed E-state index contributed by atoms with van der Waals surface area (Å²) in [5, 5.41) is 11.4. The fraction of sp³-hybridized carbons (Fsp3) is 0.0909. The lowest BCUT2D eigenvalue weighted by atomic mass is 10.2. The Labute approximate surface area is 97.5 Å². The Bertz CT molecular complexity index is 429. The summed E-state index contributed by atoms with van der Waals surface area (Å²) >= 11 is 5.76. The van der Waals surface area contributed by atoms with Crippen LogP contribution >= 0.6 is 11.6 Å². The second-order valence-corrected chi connectivity index (χ2v) is 3.46. The van der Waals surface area contributed by atoms with Crippen molar-refractivity contribution < 1.29 is 14.7 Å². The van der Waals surface area contributed by atoms with E-state index in [1.54, 1.807) is 18.2 Å². The van der Waals surface area contributed by atoms with Gasteiger partial charge in [-0.1, -0.05) is 23.7 Å². The molecule has 0 spiro atoms. The normalized spacial score (nSPS) is 10.3. The second-order valence-electron chi connectivity index (χ2n) is 3.02. The third-order valence-corrected chi connectivity index (χ3v) is 1.97. The van der Waals surface area contributed by atoms with E-state index in [4.69, 9.17) is 16.7 Å². The number of carboxylic acids is 1. The molecule has 0 bridgehead atoms. The van der Waals surface area contributed by atoms with Gasteiger partial charge in [-0.25, -0.2) is 4.79 Å². The van der Waals surface area contributed by atoms with Crippen LogP contribution in [0.25, 0.3) is 0 Å². The van der Waals surface area contributed by atoms with Crippen LogP contribution in [0.5, 0.6) is 0 Å². The summed E-state index contributed by atoms with van der Waals surface area (Å²) in [6.07, 6.45) is 1.75. The summed E-state index contributed by atoms with van der Waals surface area (Å²) in [5.41, 5.74) is 0.851. The van der Waals surface area contributed by atoms with E-state index in [-0.39, 0.29) is 0 Å². The molecule has 0 unspecified atom stereocenters. The van der Waals surface area contributed by atoms with Gasteiger partial charge in [0.15, 0.2) is 0 Å². The molecule has 0 saturated heterocycles. The molecule has 0 aliphatic carbocycles. The third kappa shape index (κ3) is 4.61. The zero-order valence-corrected chi connectivity index (χ0v) is 9.07. The van der Waals surface area contributed by atoms with E-state index < -0.39 is 11.9 Å². The Morgan fingerprint density at radius 2 is 2.12 bits per heavy atom. The number of nitrogens with one attached hydrogen (secondary N) is 1. The highest BCUT2D eigenvalue weighted by Crippen LogP contribution is 2.10. The molecular weight excluding hydrogens is 230 g/mol. The first kappa shape index (κ1) is 12.3. The Kier molecular flexibility index (Phi) is 4.54. The van der Waals surface area contributed by atoms with Crippen molar-refractivity contribution >= 4 is 23.5 Å². The van der Waals surface area contributed by atoms with E-state index in [0.29, 0.717) is 11.6 Å². The van der Waals surface area contributed by atoms with Crippen molar-refractivity contribution in [3.05, 3.63) is 47.0 Å². The molecule has 1 aromatic rings. The Morgan fingerprint density at radius 3 is 2.75 bits per heavy atom. The average Bonchev–Trinajstić information content (AvgIpc) is 2.23. The Morgan fingerprint density at radius 1 is 1.38 bits per heavy atom. The second kappa shape index (κ2) is 5.92. The van der Waals surface area contributed by atoms with Crippen LogP contribution in [0.15, 0.2) is 36.4 Å². The van der Waals surface area contributed by atoms with Crippen LogP contribution in [0, 0.1) is 0 Å². The zero-order chi connectivity index (χ0) is 12.0. The maximum Gasteiger partial charge on any atom is 0.328 e. The molecule has 2 N–H and O–H groups in total. The minimum Gasteiger partial charge on any atom is -0.478 e. The molecule has 1 amide bonds. The maximum atomic E-state index is 11.1. The lowest BCUT2D eigenvalue weighted by Crippen LogP contribution is -2.20. The van der Waals surface area contributed by atoms with Gasteiger partial charge in [-0.2, -0.15) is 0 Å². The zero-order valence-electron chi connectivity index (χ0n) is 8.31. The van der Waals surface area contributed by atoms with E-state index >= 15 is 0 Å². The minimum absolute atomic E-state index is 0.309. The van der Waals surface area contributed by atoms with Crippen LogP contribution in [0.3, 0.4) is 0 Å². The van der Waals surface area contributed by atoms with E-state index in [0.717, 1.165) is 17.7 Å². The van der Waals surface area contributed by atoms with Crippen molar-refractivity contribution in [3.63, 3.8) is 0 Å². The lowest BCUT2D eigenvalue weighted by Gasteiger charge is -2.02. The molecule has 0 atom stereocenters. The molecule has 5 heteroatoms. The van der Waals surface area contributed by atoms with Crippen molar-refractivity contribution in [1.82, 2.24) is 5.32 Å². The lowest BCUT2D eigenvalue weighted by molar-refractivity contribution is -0.131. The van der Waals surface area contributed by atoms with Gasteiger partial charge in [0, 0.05) is 23.7 Å². The van der Waals surface area contributed by atoms with Crippen molar-refractivity contribution in [3.8, 4) is 0 Å². The quantitative estimate of drug-likeness (QED) is 0.785. The van der Waals surface area contributed by atoms with Crippen LogP contribution < -0.4 is 5.32 Å². The van der Waals surface area contributed by atoms with E-state index in [2.05, 4.69) is 5.32 Å². The number of halogens is 1. The number of carboxylic acid groups (broad SMARTS) is 1. The number of amides is 1. The third-order valence-electron chi connectivity index (χ3n) is 1.73. The van der Waals surface area contributed by atoms with E-state index in [1.807, 2.05) is 6.07 Å². The number of hydrogen-bond acceptors (Lipinski definition) is 2. The molecule has 0 aromatic heterocycles. The Balaban J connectivity index is 2.46. The number of hydrogen-bond donors (Lipinski definition) is 2. The number of rotatable bonds is 4. The van der Waals surface area contributed by atoms with Gasteiger partial charge in [-0.15, -0.1) is 0 Å². The van der Waals surface area contributed by atoms with Crippen LogP contribution in [-0.2, 0) is 16.1 Å².